The molecule has 10 N–H and O–H groups in total. The van der Waals surface area contributed by atoms with Gasteiger partial charge in [0.25, 0.3) is 0 Å². The maximum Gasteiger partial charge on any atom is 0.245 e. The topological polar surface area (TPSA) is 235 Å². The summed E-state index contributed by atoms with van der Waals surface area (Å²) >= 11 is 0. The van der Waals surface area contributed by atoms with Crippen LogP contribution in [-0.2, 0) is 36.9 Å². The van der Waals surface area contributed by atoms with Gasteiger partial charge in [-0.15, -0.1) is 0 Å². The maximum absolute atomic E-state index is 14.3. The van der Waals surface area contributed by atoms with Crippen molar-refractivity contribution in [3.05, 3.63) is 71.8 Å². The lowest BCUT2D eigenvalue weighted by molar-refractivity contribution is -0.140. The van der Waals surface area contributed by atoms with Crippen LogP contribution in [0.25, 0.3) is 0 Å². The average molecular weight is 712 g/mol. The molecule has 0 aliphatic carbocycles. The minimum absolute atomic E-state index is 0.0148. The van der Waals surface area contributed by atoms with E-state index in [1.807, 2.05) is 44.2 Å². The highest BCUT2D eigenvalue weighted by molar-refractivity contribution is 5.93. The Morgan fingerprint density at radius 2 is 1.55 bits per heavy atom. The van der Waals surface area contributed by atoms with Crippen LogP contribution < -0.4 is 32.4 Å². The van der Waals surface area contributed by atoms with Crippen LogP contribution >= 0.6 is 0 Å². The van der Waals surface area contributed by atoms with Crippen LogP contribution in [0.4, 0.5) is 0 Å². The highest BCUT2D eigenvalue weighted by Gasteiger charge is 2.37. The van der Waals surface area contributed by atoms with Crippen molar-refractivity contribution >= 4 is 29.5 Å². The highest BCUT2D eigenvalue weighted by atomic mass is 16.3. The Balaban J connectivity index is 1.92. The van der Waals surface area contributed by atoms with E-state index in [9.17, 15) is 39.3 Å². The summed E-state index contributed by atoms with van der Waals surface area (Å²) < 4.78 is 0. The van der Waals surface area contributed by atoms with Crippen molar-refractivity contribution in [2.45, 2.75) is 89.3 Å². The van der Waals surface area contributed by atoms with Gasteiger partial charge in [-0.25, -0.2) is 5.01 Å². The molecule has 2 aromatic carbocycles. The second kappa shape index (κ2) is 20.4. The SMILES string of the molecule is CC(C)C[C@H](NC(=O)[C@H](Cc1ccccc1)N1C[C@H](CO)NC(=O)CC[C@@H]([C@@H](N)CO)C(=O)N1)C(=O)N[C@H](C(=O)NCc1ccccc1)C(C)O. The second-order valence-corrected chi connectivity index (χ2v) is 13.4. The minimum atomic E-state index is -1.32. The Hall–Kier alpha value is -4.41. The molecule has 15 nitrogen and oxygen atoms in total. The number of nitrogens with two attached hydrogens (primary N) is 1. The van der Waals surface area contributed by atoms with Gasteiger partial charge in [0.05, 0.1) is 31.3 Å². The van der Waals surface area contributed by atoms with E-state index >= 15 is 0 Å². The summed E-state index contributed by atoms with van der Waals surface area (Å²) in [6.45, 7) is 4.06. The largest absolute Gasteiger partial charge is 0.395 e. The first kappa shape index (κ1) is 41.0. The van der Waals surface area contributed by atoms with Crippen molar-refractivity contribution < 1.29 is 39.3 Å². The predicted molar refractivity (Wildman–Crippen MR) is 189 cm³/mol. The molecule has 15 heteroatoms. The number of hydrogen-bond donors (Lipinski definition) is 9. The molecule has 0 spiro atoms. The number of nitrogens with one attached hydrogen (secondary N) is 5. The number of aliphatic hydroxyl groups is 3. The summed E-state index contributed by atoms with van der Waals surface area (Å²) in [6.07, 6.45) is -1.10. The van der Waals surface area contributed by atoms with E-state index in [4.69, 9.17) is 5.73 Å². The summed E-state index contributed by atoms with van der Waals surface area (Å²) in [6, 6.07) is 12.6. The standard InChI is InChI=1S/C36H53N7O8/c1-22(2)16-29(34(49)41-32(23(3)46)36(51)38-18-25-12-8-5-9-13-25)40-35(50)30(17-24-10-6-4-7-11-24)43-19-26(20-44)39-31(47)15-14-27(28(37)21-45)33(48)42-43/h4-13,22-23,26-30,32,44-46H,14-21,37H2,1-3H3,(H,38,51)(H,39,47)(H,40,50)(H,41,49)(H,42,48)/t23?,26-,27+,28+,29+,30+,32+/m1/s1. The van der Waals surface area contributed by atoms with Gasteiger partial charge >= 0.3 is 0 Å². The van der Waals surface area contributed by atoms with E-state index in [2.05, 4.69) is 26.7 Å². The molecule has 1 saturated heterocycles. The van der Waals surface area contributed by atoms with Gasteiger partial charge < -0.3 is 42.3 Å². The van der Waals surface area contributed by atoms with Crippen molar-refractivity contribution in [1.82, 2.24) is 31.7 Å². The van der Waals surface area contributed by atoms with E-state index in [0.717, 1.165) is 5.56 Å². The first-order valence-electron chi connectivity index (χ1n) is 17.3. The Labute approximate surface area is 298 Å². The number of hydrazine groups is 1. The molecule has 0 bridgehead atoms. The van der Waals surface area contributed by atoms with E-state index in [1.165, 1.54) is 11.9 Å². The third-order valence-corrected chi connectivity index (χ3v) is 8.67. The minimum Gasteiger partial charge on any atom is -0.395 e. The lowest BCUT2D eigenvalue weighted by Crippen LogP contribution is -2.64. The number of nitrogens with zero attached hydrogens (tertiary/aromatic N) is 1. The smallest absolute Gasteiger partial charge is 0.245 e. The summed E-state index contributed by atoms with van der Waals surface area (Å²) in [5, 5.41) is 42.5. The van der Waals surface area contributed by atoms with Gasteiger partial charge in [0.1, 0.15) is 18.1 Å². The fourth-order valence-electron chi connectivity index (χ4n) is 5.82. The zero-order valence-corrected chi connectivity index (χ0v) is 29.5. The Kier molecular flexibility index (Phi) is 16.4. The van der Waals surface area contributed by atoms with Crippen LogP contribution in [0.15, 0.2) is 60.7 Å². The molecule has 5 amide bonds. The molecule has 1 heterocycles. The number of aliphatic hydroxyl groups excluding tert-OH is 3. The average Bonchev–Trinajstić information content (AvgIpc) is 3.10. The van der Waals surface area contributed by atoms with Crippen molar-refractivity contribution in [2.24, 2.45) is 17.6 Å². The molecule has 2 aromatic rings. The summed E-state index contributed by atoms with van der Waals surface area (Å²) in [5.74, 6) is -4.08. The van der Waals surface area contributed by atoms with Crippen LogP contribution in [-0.4, -0.2) is 106 Å². The molecule has 1 fully saturated rings. The monoisotopic (exact) mass is 711 g/mol. The Bertz CT molecular complexity index is 1430. The molecule has 0 saturated carbocycles. The van der Waals surface area contributed by atoms with Gasteiger partial charge in [0.2, 0.25) is 29.5 Å². The van der Waals surface area contributed by atoms with Crippen LogP contribution in [0.3, 0.4) is 0 Å². The molecule has 7 atom stereocenters. The third-order valence-electron chi connectivity index (χ3n) is 8.67. The lowest BCUT2D eigenvalue weighted by atomic mass is 9.94. The summed E-state index contributed by atoms with van der Waals surface area (Å²) in [4.78, 5) is 67.5. The highest BCUT2D eigenvalue weighted by Crippen LogP contribution is 2.17. The normalized spacial score (nSPS) is 20.2. The molecular formula is C36H53N7O8. The van der Waals surface area contributed by atoms with Gasteiger partial charge in [0.15, 0.2) is 0 Å². The third kappa shape index (κ3) is 13.0. The molecule has 0 radical (unpaired) electrons. The number of carbonyl (C=O) groups is 5. The molecule has 51 heavy (non-hydrogen) atoms. The van der Waals surface area contributed by atoms with Crippen molar-refractivity contribution in [2.75, 3.05) is 19.8 Å². The lowest BCUT2D eigenvalue weighted by Gasteiger charge is -2.37. The first-order valence-corrected chi connectivity index (χ1v) is 17.3. The number of rotatable bonds is 16. The van der Waals surface area contributed by atoms with E-state index in [1.54, 1.807) is 30.3 Å². The first-order chi connectivity index (χ1) is 24.3. The van der Waals surface area contributed by atoms with E-state index in [-0.39, 0.29) is 44.7 Å². The fraction of sp³-hybridized carbons (Fsp3) is 0.528. The Morgan fingerprint density at radius 3 is 2.12 bits per heavy atom. The molecule has 1 aliphatic rings. The molecule has 280 valence electrons. The zero-order valence-electron chi connectivity index (χ0n) is 29.5. The summed E-state index contributed by atoms with van der Waals surface area (Å²) in [5.41, 5.74) is 10.4. The molecule has 1 aliphatic heterocycles. The molecular weight excluding hydrogens is 658 g/mol. The number of hydrogen-bond acceptors (Lipinski definition) is 10. The fourth-order valence-corrected chi connectivity index (χ4v) is 5.82. The summed E-state index contributed by atoms with van der Waals surface area (Å²) in [7, 11) is 0. The molecule has 1 unspecified atom stereocenters. The van der Waals surface area contributed by atoms with Gasteiger partial charge in [0, 0.05) is 25.6 Å². The van der Waals surface area contributed by atoms with Crippen molar-refractivity contribution in [3.63, 3.8) is 0 Å². The Morgan fingerprint density at radius 1 is 0.922 bits per heavy atom. The molecule has 3 rings (SSSR count). The van der Waals surface area contributed by atoms with Crippen molar-refractivity contribution in [3.8, 4) is 0 Å². The van der Waals surface area contributed by atoms with Crippen LogP contribution in [0.1, 0.15) is 51.2 Å². The van der Waals surface area contributed by atoms with E-state index < -0.39 is 85.0 Å². The van der Waals surface area contributed by atoms with Crippen LogP contribution in [0.5, 0.6) is 0 Å². The van der Waals surface area contributed by atoms with Gasteiger partial charge in [-0.1, -0.05) is 74.5 Å². The van der Waals surface area contributed by atoms with Gasteiger partial charge in [-0.05, 0) is 43.2 Å². The number of carbonyl (C=O) groups excluding carboxylic acids is 5. The zero-order chi connectivity index (χ0) is 37.5. The van der Waals surface area contributed by atoms with Gasteiger partial charge in [-0.3, -0.25) is 29.4 Å². The number of amides is 5. The van der Waals surface area contributed by atoms with E-state index in [0.29, 0.717) is 5.56 Å². The van der Waals surface area contributed by atoms with Crippen molar-refractivity contribution in [1.29, 1.82) is 0 Å². The second-order valence-electron chi connectivity index (χ2n) is 13.4. The van der Waals surface area contributed by atoms with Crippen LogP contribution in [0.2, 0.25) is 0 Å². The van der Waals surface area contributed by atoms with Gasteiger partial charge in [-0.2, -0.15) is 0 Å². The quantitative estimate of drug-likeness (QED) is 0.101. The molecule has 0 aromatic heterocycles. The predicted octanol–water partition coefficient (Wildman–Crippen LogP) is -1.15. The number of benzene rings is 2. The van der Waals surface area contributed by atoms with Crippen LogP contribution in [0, 0.1) is 11.8 Å². The maximum atomic E-state index is 14.3.